The first kappa shape index (κ1) is 11.8. The summed E-state index contributed by atoms with van der Waals surface area (Å²) in [6, 6.07) is 0. The fraction of sp³-hybridized carbons (Fsp3) is 0.692. The second-order valence-electron chi connectivity index (χ2n) is 4.84. The zero-order valence-corrected chi connectivity index (χ0v) is 9.93. The summed E-state index contributed by atoms with van der Waals surface area (Å²) in [7, 11) is 0. The van der Waals surface area contributed by atoms with Gasteiger partial charge < -0.3 is 14.6 Å². The Kier molecular flexibility index (Phi) is 3.47. The van der Waals surface area contributed by atoms with Gasteiger partial charge in [-0.3, -0.25) is 0 Å². The van der Waals surface area contributed by atoms with Crippen molar-refractivity contribution >= 4 is 0 Å². The minimum Gasteiger partial charge on any atom is -0.393 e. The minimum atomic E-state index is -0.334. The summed E-state index contributed by atoms with van der Waals surface area (Å²) in [5, 5.41) is 9.30. The number of rotatable bonds is 4. The van der Waals surface area contributed by atoms with Crippen molar-refractivity contribution in [2.24, 2.45) is 0 Å². The van der Waals surface area contributed by atoms with Gasteiger partial charge in [0.1, 0.15) is 12.2 Å². The van der Waals surface area contributed by atoms with Crippen LogP contribution in [0.15, 0.2) is 24.3 Å². The highest BCUT2D eigenvalue weighted by atomic mass is 16.6. The maximum absolute atomic E-state index is 9.30. The topological polar surface area (TPSA) is 38.7 Å². The molecule has 2 rings (SSSR count). The highest BCUT2D eigenvalue weighted by molar-refractivity contribution is 5.22. The summed E-state index contributed by atoms with van der Waals surface area (Å²) in [4.78, 5) is 0. The molecule has 1 fully saturated rings. The fourth-order valence-corrected chi connectivity index (χ4v) is 2.38. The van der Waals surface area contributed by atoms with E-state index in [1.54, 1.807) is 6.92 Å². The van der Waals surface area contributed by atoms with Gasteiger partial charge in [0.05, 0.1) is 18.3 Å². The normalized spacial score (nSPS) is 36.4. The molecule has 0 saturated carbocycles. The zero-order chi connectivity index (χ0) is 11.7. The first-order valence-electron chi connectivity index (χ1n) is 5.91. The van der Waals surface area contributed by atoms with Crippen molar-refractivity contribution < 1.29 is 14.6 Å². The Bertz CT molecular complexity index is 296. The van der Waals surface area contributed by atoms with Gasteiger partial charge in [0.25, 0.3) is 0 Å². The van der Waals surface area contributed by atoms with E-state index in [1.807, 2.05) is 6.92 Å². The molecule has 2 bridgehead atoms. The van der Waals surface area contributed by atoms with E-state index in [-0.39, 0.29) is 30.5 Å². The second-order valence-corrected chi connectivity index (χ2v) is 4.84. The molecule has 0 aliphatic carbocycles. The molecule has 16 heavy (non-hydrogen) atoms. The van der Waals surface area contributed by atoms with Crippen LogP contribution in [0.1, 0.15) is 26.7 Å². The quantitative estimate of drug-likeness (QED) is 0.740. The lowest BCUT2D eigenvalue weighted by molar-refractivity contribution is -0.0957. The molecule has 0 amide bonds. The third-order valence-electron chi connectivity index (χ3n) is 3.06. The van der Waals surface area contributed by atoms with Gasteiger partial charge in [-0.25, -0.2) is 0 Å². The van der Waals surface area contributed by atoms with Crippen molar-refractivity contribution in [2.45, 2.75) is 57.2 Å². The maximum Gasteiger partial charge on any atom is 0.108 e. The van der Waals surface area contributed by atoms with Gasteiger partial charge >= 0.3 is 0 Å². The molecular weight excluding hydrogens is 204 g/mol. The molecule has 5 atom stereocenters. The van der Waals surface area contributed by atoms with Crippen molar-refractivity contribution in [3.8, 4) is 0 Å². The third kappa shape index (κ3) is 2.54. The summed E-state index contributed by atoms with van der Waals surface area (Å²) >= 11 is 0. The molecule has 0 aromatic carbocycles. The van der Waals surface area contributed by atoms with E-state index in [9.17, 15) is 5.11 Å². The zero-order valence-electron chi connectivity index (χ0n) is 9.93. The second kappa shape index (κ2) is 4.70. The Morgan fingerprint density at radius 1 is 1.56 bits per heavy atom. The van der Waals surface area contributed by atoms with E-state index in [0.717, 1.165) is 12.0 Å². The number of hydrogen-bond donors (Lipinski definition) is 1. The number of fused-ring (bicyclic) bond motifs is 2. The van der Waals surface area contributed by atoms with E-state index in [2.05, 4.69) is 18.7 Å². The minimum absolute atomic E-state index is 0.0164. The van der Waals surface area contributed by atoms with Crippen molar-refractivity contribution in [2.75, 3.05) is 0 Å². The molecular formula is C13H20O3. The van der Waals surface area contributed by atoms with Crippen LogP contribution in [0, 0.1) is 0 Å². The highest BCUT2D eigenvalue weighted by Crippen LogP contribution is 2.33. The molecule has 2 aliphatic rings. The van der Waals surface area contributed by atoms with Crippen molar-refractivity contribution in [1.82, 2.24) is 0 Å². The highest BCUT2D eigenvalue weighted by Gasteiger charge is 2.36. The van der Waals surface area contributed by atoms with Gasteiger partial charge in [-0.1, -0.05) is 18.7 Å². The van der Waals surface area contributed by atoms with Gasteiger partial charge in [0, 0.05) is 6.42 Å². The van der Waals surface area contributed by atoms with Gasteiger partial charge in [-0.2, -0.15) is 0 Å². The molecule has 3 nitrogen and oxygen atoms in total. The molecule has 3 heteroatoms. The standard InChI is InChI=1S/C13H20O3/c1-8-6-11-4-5-12(16-11)13(8)15-10(3)7-9(2)14/h4-5,9-14H,1,6-7H2,2-3H3/t9-,10-,11+,12-,13-/m0/s1. The van der Waals surface area contributed by atoms with E-state index in [1.165, 1.54) is 0 Å². The molecule has 2 aliphatic heterocycles. The van der Waals surface area contributed by atoms with Crippen molar-refractivity contribution in [3.63, 3.8) is 0 Å². The largest absolute Gasteiger partial charge is 0.393 e. The number of hydrogen-bond acceptors (Lipinski definition) is 3. The molecule has 0 spiro atoms. The van der Waals surface area contributed by atoms with E-state index >= 15 is 0 Å². The molecule has 90 valence electrons. The monoisotopic (exact) mass is 224 g/mol. The van der Waals surface area contributed by atoms with Gasteiger partial charge in [-0.05, 0) is 25.8 Å². The summed E-state index contributed by atoms with van der Waals surface area (Å²) in [5.74, 6) is 0. The van der Waals surface area contributed by atoms with Gasteiger partial charge in [0.2, 0.25) is 0 Å². The van der Waals surface area contributed by atoms with Crippen LogP contribution in [0.5, 0.6) is 0 Å². The van der Waals surface area contributed by atoms with E-state index in [0.29, 0.717) is 6.42 Å². The maximum atomic E-state index is 9.30. The summed E-state index contributed by atoms with van der Waals surface area (Å²) < 4.78 is 11.6. The molecule has 0 aromatic rings. The Morgan fingerprint density at radius 3 is 3.00 bits per heavy atom. The van der Waals surface area contributed by atoms with Crippen LogP contribution in [0.2, 0.25) is 0 Å². The SMILES string of the molecule is C=C1C[C@H]2C=C[C@H](O2)[C@H]1O[C@@H](C)C[C@H](C)O. The lowest BCUT2D eigenvalue weighted by atomic mass is 10.00. The first-order valence-corrected chi connectivity index (χ1v) is 5.91. The molecule has 1 N–H and O–H groups in total. The molecule has 0 unspecified atom stereocenters. The van der Waals surface area contributed by atoms with Gasteiger partial charge in [0.15, 0.2) is 0 Å². The molecule has 2 heterocycles. The Labute approximate surface area is 96.7 Å². The lowest BCUT2D eigenvalue weighted by Gasteiger charge is -2.33. The smallest absolute Gasteiger partial charge is 0.108 e. The molecule has 0 aromatic heterocycles. The average molecular weight is 224 g/mol. The van der Waals surface area contributed by atoms with E-state index in [4.69, 9.17) is 9.47 Å². The summed E-state index contributed by atoms with van der Waals surface area (Å²) in [6.45, 7) is 7.81. The van der Waals surface area contributed by atoms with E-state index < -0.39 is 0 Å². The summed E-state index contributed by atoms with van der Waals surface area (Å²) in [6.07, 6.45) is 5.48. The van der Waals surface area contributed by atoms with Gasteiger partial charge in [-0.15, -0.1) is 0 Å². The predicted molar refractivity (Wildman–Crippen MR) is 62.2 cm³/mol. The predicted octanol–water partition coefficient (Wildman–Crippen LogP) is 1.81. The third-order valence-corrected chi connectivity index (χ3v) is 3.06. The Morgan fingerprint density at radius 2 is 2.31 bits per heavy atom. The fourth-order valence-electron chi connectivity index (χ4n) is 2.38. The molecule has 0 radical (unpaired) electrons. The number of aliphatic hydroxyl groups is 1. The number of aliphatic hydroxyl groups excluding tert-OH is 1. The summed E-state index contributed by atoms with van der Waals surface area (Å²) in [5.41, 5.74) is 1.10. The van der Waals surface area contributed by atoms with Crippen molar-refractivity contribution in [1.29, 1.82) is 0 Å². The van der Waals surface area contributed by atoms with Crippen LogP contribution >= 0.6 is 0 Å². The van der Waals surface area contributed by atoms with Crippen LogP contribution in [0.3, 0.4) is 0 Å². The van der Waals surface area contributed by atoms with Crippen LogP contribution < -0.4 is 0 Å². The Hall–Kier alpha value is -0.640. The lowest BCUT2D eigenvalue weighted by Crippen LogP contribution is -2.39. The number of ether oxygens (including phenoxy) is 2. The van der Waals surface area contributed by atoms with Crippen LogP contribution in [0.25, 0.3) is 0 Å². The van der Waals surface area contributed by atoms with Crippen LogP contribution in [-0.4, -0.2) is 35.6 Å². The van der Waals surface area contributed by atoms with Crippen LogP contribution in [-0.2, 0) is 9.47 Å². The first-order chi connectivity index (χ1) is 7.56. The Balaban J connectivity index is 1.92. The van der Waals surface area contributed by atoms with Crippen molar-refractivity contribution in [3.05, 3.63) is 24.3 Å². The van der Waals surface area contributed by atoms with Crippen LogP contribution in [0.4, 0.5) is 0 Å². The molecule has 1 saturated heterocycles. The average Bonchev–Trinajstić information content (AvgIpc) is 2.55.